The Morgan fingerprint density at radius 1 is 1.14 bits per heavy atom. The molecule has 160 valence electrons. The molecule has 2 aliphatic heterocycles. The number of nitrogens with zero attached hydrogens (tertiary/aromatic N) is 2. The van der Waals surface area contributed by atoms with E-state index in [4.69, 9.17) is 16.3 Å². The third-order valence-corrected chi connectivity index (χ3v) is 6.75. The second-order valence-corrected chi connectivity index (χ2v) is 8.80. The van der Waals surface area contributed by atoms with E-state index >= 15 is 0 Å². The first-order chi connectivity index (χ1) is 14.0. The number of carbonyl (C=O) groups is 2. The summed E-state index contributed by atoms with van der Waals surface area (Å²) in [7, 11) is 0. The standard InChI is InChI=1S/C23H33ClN2O3/c1-3-25-13-5-6-19(17-25)21(27)26-14-11-23(12-15-26,22(28)29-4-2)16-18-7-9-20(24)10-8-18/h7-10,19H,3-6,11-17H2,1-2H3/t19-/m1/s1. The molecule has 0 saturated carbocycles. The molecular weight excluding hydrogens is 388 g/mol. The number of carbonyl (C=O) groups excluding carboxylic acids is 2. The molecule has 2 heterocycles. The van der Waals surface area contributed by atoms with Gasteiger partial charge in [0.05, 0.1) is 17.9 Å². The van der Waals surface area contributed by atoms with Crippen molar-refractivity contribution < 1.29 is 14.3 Å². The second kappa shape index (κ2) is 9.94. The fraction of sp³-hybridized carbons (Fsp3) is 0.652. The molecule has 1 amide bonds. The van der Waals surface area contributed by atoms with E-state index in [1.165, 1.54) is 0 Å². The molecule has 0 N–H and O–H groups in total. The van der Waals surface area contributed by atoms with Gasteiger partial charge in [0.25, 0.3) is 0 Å². The van der Waals surface area contributed by atoms with E-state index in [-0.39, 0.29) is 17.8 Å². The predicted molar refractivity (Wildman–Crippen MR) is 115 cm³/mol. The summed E-state index contributed by atoms with van der Waals surface area (Å²) >= 11 is 6.01. The van der Waals surface area contributed by atoms with Crippen LogP contribution in [0.1, 0.15) is 45.1 Å². The Kier molecular flexibility index (Phi) is 7.58. The number of benzene rings is 1. The lowest BCUT2D eigenvalue weighted by molar-refractivity contribution is -0.161. The summed E-state index contributed by atoms with van der Waals surface area (Å²) in [4.78, 5) is 30.3. The van der Waals surface area contributed by atoms with Crippen LogP contribution >= 0.6 is 11.6 Å². The van der Waals surface area contributed by atoms with Crippen molar-refractivity contribution in [2.75, 3.05) is 39.3 Å². The van der Waals surface area contributed by atoms with Crippen molar-refractivity contribution in [1.29, 1.82) is 0 Å². The molecule has 6 heteroatoms. The summed E-state index contributed by atoms with van der Waals surface area (Å²) < 4.78 is 5.45. The van der Waals surface area contributed by atoms with Crippen molar-refractivity contribution in [2.45, 2.75) is 46.0 Å². The Morgan fingerprint density at radius 3 is 2.45 bits per heavy atom. The molecule has 2 saturated heterocycles. The maximum Gasteiger partial charge on any atom is 0.312 e. The molecule has 2 fully saturated rings. The number of amides is 1. The van der Waals surface area contributed by atoms with Gasteiger partial charge in [0.15, 0.2) is 0 Å². The summed E-state index contributed by atoms with van der Waals surface area (Å²) in [6, 6.07) is 7.66. The lowest BCUT2D eigenvalue weighted by atomic mass is 9.73. The molecule has 29 heavy (non-hydrogen) atoms. The van der Waals surface area contributed by atoms with Crippen LogP contribution in [0.5, 0.6) is 0 Å². The largest absolute Gasteiger partial charge is 0.466 e. The number of hydrogen-bond donors (Lipinski definition) is 0. The number of ether oxygens (including phenoxy) is 1. The van der Waals surface area contributed by atoms with E-state index in [0.717, 1.165) is 38.0 Å². The van der Waals surface area contributed by atoms with Crippen LogP contribution in [0, 0.1) is 11.3 Å². The maximum absolute atomic E-state index is 13.1. The molecule has 5 nitrogen and oxygen atoms in total. The highest BCUT2D eigenvalue weighted by molar-refractivity contribution is 6.30. The summed E-state index contributed by atoms with van der Waals surface area (Å²) in [5.74, 6) is 0.207. The highest BCUT2D eigenvalue weighted by Crippen LogP contribution is 2.37. The van der Waals surface area contributed by atoms with Crippen molar-refractivity contribution in [3.63, 3.8) is 0 Å². The number of rotatable bonds is 6. The van der Waals surface area contributed by atoms with E-state index in [1.807, 2.05) is 36.1 Å². The van der Waals surface area contributed by atoms with E-state index in [2.05, 4.69) is 11.8 Å². The van der Waals surface area contributed by atoms with Gasteiger partial charge in [0, 0.05) is 24.7 Å². The Labute approximate surface area is 179 Å². The SMILES string of the molecule is CCOC(=O)C1(Cc2ccc(Cl)cc2)CCN(C(=O)[C@@H]2CCCN(CC)C2)CC1. The van der Waals surface area contributed by atoms with Crippen LogP contribution in [0.4, 0.5) is 0 Å². The average molecular weight is 421 g/mol. The number of esters is 1. The zero-order valence-corrected chi connectivity index (χ0v) is 18.4. The minimum atomic E-state index is -0.567. The molecular formula is C23H33ClN2O3. The van der Waals surface area contributed by atoms with Gasteiger partial charge in [-0.3, -0.25) is 9.59 Å². The van der Waals surface area contributed by atoms with Gasteiger partial charge in [-0.05, 0) is 69.8 Å². The van der Waals surface area contributed by atoms with Gasteiger partial charge >= 0.3 is 5.97 Å². The molecule has 0 unspecified atom stereocenters. The highest BCUT2D eigenvalue weighted by Gasteiger charge is 2.44. The third-order valence-electron chi connectivity index (χ3n) is 6.50. The highest BCUT2D eigenvalue weighted by atomic mass is 35.5. The number of hydrogen-bond acceptors (Lipinski definition) is 4. The molecule has 2 aliphatic rings. The molecule has 1 aromatic carbocycles. The molecule has 3 rings (SSSR count). The van der Waals surface area contributed by atoms with Crippen molar-refractivity contribution in [2.24, 2.45) is 11.3 Å². The van der Waals surface area contributed by atoms with Crippen LogP contribution in [-0.4, -0.2) is 61.0 Å². The van der Waals surface area contributed by atoms with Crippen LogP contribution in [-0.2, 0) is 20.7 Å². The van der Waals surface area contributed by atoms with E-state index in [9.17, 15) is 9.59 Å². The van der Waals surface area contributed by atoms with Crippen LogP contribution in [0.25, 0.3) is 0 Å². The van der Waals surface area contributed by atoms with Gasteiger partial charge in [-0.15, -0.1) is 0 Å². The molecule has 0 aliphatic carbocycles. The van der Waals surface area contributed by atoms with Crippen molar-refractivity contribution >= 4 is 23.5 Å². The van der Waals surface area contributed by atoms with Crippen LogP contribution in [0.15, 0.2) is 24.3 Å². The first kappa shape index (κ1) is 22.1. The first-order valence-electron chi connectivity index (χ1n) is 10.9. The van der Waals surface area contributed by atoms with Gasteiger partial charge in [-0.1, -0.05) is 30.7 Å². The normalized spacial score (nSPS) is 22.3. The number of halogens is 1. The summed E-state index contributed by atoms with van der Waals surface area (Å²) in [5, 5.41) is 0.688. The first-order valence-corrected chi connectivity index (χ1v) is 11.3. The smallest absolute Gasteiger partial charge is 0.312 e. The van der Waals surface area contributed by atoms with E-state index in [0.29, 0.717) is 44.0 Å². The zero-order chi connectivity index (χ0) is 20.9. The molecule has 0 aromatic heterocycles. The number of piperidine rings is 2. The molecule has 1 aromatic rings. The van der Waals surface area contributed by atoms with Gasteiger partial charge in [0.1, 0.15) is 0 Å². The fourth-order valence-electron chi connectivity index (χ4n) is 4.69. The van der Waals surface area contributed by atoms with Crippen molar-refractivity contribution in [3.05, 3.63) is 34.9 Å². The van der Waals surface area contributed by atoms with Crippen LogP contribution in [0.3, 0.4) is 0 Å². The lowest BCUT2D eigenvalue weighted by Gasteiger charge is -2.42. The lowest BCUT2D eigenvalue weighted by Crippen LogP contribution is -2.51. The van der Waals surface area contributed by atoms with E-state index in [1.54, 1.807) is 0 Å². The summed E-state index contributed by atoms with van der Waals surface area (Å²) in [5.41, 5.74) is 0.510. The second-order valence-electron chi connectivity index (χ2n) is 8.36. The van der Waals surface area contributed by atoms with Crippen molar-refractivity contribution in [3.8, 4) is 0 Å². The molecule has 0 spiro atoms. The Bertz CT molecular complexity index is 699. The van der Waals surface area contributed by atoms with Gasteiger partial charge < -0.3 is 14.5 Å². The van der Waals surface area contributed by atoms with Crippen LogP contribution < -0.4 is 0 Å². The summed E-state index contributed by atoms with van der Waals surface area (Å²) in [6.07, 6.45) is 3.97. The van der Waals surface area contributed by atoms with Crippen LogP contribution in [0.2, 0.25) is 5.02 Å². The summed E-state index contributed by atoms with van der Waals surface area (Å²) in [6.45, 7) is 8.55. The third kappa shape index (κ3) is 5.32. The average Bonchev–Trinajstić information content (AvgIpc) is 2.75. The Hall–Kier alpha value is -1.59. The molecule has 1 atom stereocenters. The minimum Gasteiger partial charge on any atom is -0.466 e. The van der Waals surface area contributed by atoms with Gasteiger partial charge in [0.2, 0.25) is 5.91 Å². The number of likely N-dealkylation sites (tertiary alicyclic amines) is 2. The quantitative estimate of drug-likeness (QED) is 0.657. The Balaban J connectivity index is 1.67. The topological polar surface area (TPSA) is 49.9 Å². The van der Waals surface area contributed by atoms with Gasteiger partial charge in [-0.2, -0.15) is 0 Å². The fourth-order valence-corrected chi connectivity index (χ4v) is 4.81. The molecule has 0 radical (unpaired) electrons. The monoisotopic (exact) mass is 420 g/mol. The van der Waals surface area contributed by atoms with E-state index < -0.39 is 5.41 Å². The minimum absolute atomic E-state index is 0.0926. The van der Waals surface area contributed by atoms with Gasteiger partial charge in [-0.25, -0.2) is 0 Å². The zero-order valence-electron chi connectivity index (χ0n) is 17.7. The molecule has 0 bridgehead atoms. The maximum atomic E-state index is 13.1. The Morgan fingerprint density at radius 2 is 1.83 bits per heavy atom. The predicted octanol–water partition coefficient (Wildman–Crippen LogP) is 3.79. The van der Waals surface area contributed by atoms with Crippen molar-refractivity contribution in [1.82, 2.24) is 9.80 Å².